The molecule has 7 nitrogen and oxygen atoms in total. The van der Waals surface area contributed by atoms with Crippen molar-refractivity contribution in [1.82, 2.24) is 30.2 Å². The molecule has 32 heavy (non-hydrogen) atoms. The van der Waals surface area contributed by atoms with Crippen LogP contribution in [-0.4, -0.2) is 84.4 Å². The smallest absolute Gasteiger partial charge is 0.191 e. The highest BCUT2D eigenvalue weighted by Crippen LogP contribution is 2.14. The van der Waals surface area contributed by atoms with Gasteiger partial charge in [0.05, 0.1) is 12.2 Å². The molecule has 1 unspecified atom stereocenters. The summed E-state index contributed by atoms with van der Waals surface area (Å²) in [6.07, 6.45) is 4.71. The molecule has 2 heterocycles. The van der Waals surface area contributed by atoms with Crippen molar-refractivity contribution >= 4 is 29.9 Å². The van der Waals surface area contributed by atoms with Crippen LogP contribution in [0.4, 0.5) is 0 Å². The predicted octanol–water partition coefficient (Wildman–Crippen LogP) is 2.86. The third kappa shape index (κ3) is 8.04. The number of rotatable bonds is 9. The van der Waals surface area contributed by atoms with Crippen molar-refractivity contribution in [2.45, 2.75) is 33.2 Å². The van der Waals surface area contributed by atoms with Gasteiger partial charge < -0.3 is 15.5 Å². The summed E-state index contributed by atoms with van der Waals surface area (Å²) in [4.78, 5) is 9.95. The Morgan fingerprint density at radius 3 is 2.41 bits per heavy atom. The molecule has 0 aliphatic carbocycles. The van der Waals surface area contributed by atoms with Gasteiger partial charge in [-0.05, 0) is 50.1 Å². The van der Waals surface area contributed by atoms with Gasteiger partial charge in [-0.2, -0.15) is 5.10 Å². The summed E-state index contributed by atoms with van der Waals surface area (Å²) >= 11 is 0. The standard InChI is InChI=1S/C24H39N7.HI/c1-5-25-24(27-19-23(20(2)3)30-17-15-29(4)16-18-30)26-13-11-21-7-9-22(10-8-21)31-14-6-12-28-31;/h6-10,12,14,20,23H,5,11,13,15-19H2,1-4H3,(H2,25,26,27);1H. The number of nitrogens with zero attached hydrogens (tertiary/aromatic N) is 5. The van der Waals surface area contributed by atoms with Gasteiger partial charge in [-0.25, -0.2) is 4.68 Å². The third-order valence-electron chi connectivity index (χ3n) is 5.97. The van der Waals surface area contributed by atoms with Crippen molar-refractivity contribution in [3.8, 4) is 5.69 Å². The zero-order chi connectivity index (χ0) is 22.1. The molecule has 1 atom stereocenters. The second kappa shape index (κ2) is 13.8. The molecule has 1 saturated heterocycles. The van der Waals surface area contributed by atoms with Crippen LogP contribution in [0.1, 0.15) is 26.3 Å². The number of nitrogens with one attached hydrogen (secondary N) is 2. The molecule has 0 spiro atoms. The van der Waals surface area contributed by atoms with Crippen LogP contribution >= 0.6 is 24.0 Å². The van der Waals surface area contributed by atoms with E-state index in [1.165, 1.54) is 5.56 Å². The minimum Gasteiger partial charge on any atom is -0.357 e. The highest BCUT2D eigenvalue weighted by molar-refractivity contribution is 14.0. The Morgan fingerprint density at radius 2 is 1.81 bits per heavy atom. The molecule has 0 bridgehead atoms. The van der Waals surface area contributed by atoms with E-state index in [4.69, 9.17) is 4.99 Å². The summed E-state index contributed by atoms with van der Waals surface area (Å²) in [5.41, 5.74) is 2.39. The molecule has 0 amide bonds. The van der Waals surface area contributed by atoms with Crippen molar-refractivity contribution in [2.24, 2.45) is 10.9 Å². The van der Waals surface area contributed by atoms with E-state index in [9.17, 15) is 0 Å². The Balaban J connectivity index is 0.00000363. The molecule has 8 heteroatoms. The number of piperazine rings is 1. The number of likely N-dealkylation sites (N-methyl/N-ethyl adjacent to an activating group) is 1. The minimum absolute atomic E-state index is 0. The van der Waals surface area contributed by atoms with Gasteiger partial charge in [0.2, 0.25) is 0 Å². The summed E-state index contributed by atoms with van der Waals surface area (Å²) in [7, 11) is 2.21. The van der Waals surface area contributed by atoms with E-state index in [0.29, 0.717) is 12.0 Å². The Labute approximate surface area is 210 Å². The molecule has 1 aliphatic heterocycles. The monoisotopic (exact) mass is 553 g/mol. The van der Waals surface area contributed by atoms with E-state index in [0.717, 1.165) is 63.9 Å². The number of hydrogen-bond acceptors (Lipinski definition) is 4. The van der Waals surface area contributed by atoms with E-state index in [1.807, 2.05) is 16.9 Å². The highest BCUT2D eigenvalue weighted by atomic mass is 127. The molecule has 1 aromatic carbocycles. The van der Waals surface area contributed by atoms with Crippen molar-refractivity contribution < 1.29 is 0 Å². The molecule has 2 aromatic rings. The van der Waals surface area contributed by atoms with Crippen LogP contribution in [-0.2, 0) is 6.42 Å². The zero-order valence-corrected chi connectivity index (χ0v) is 22.3. The maximum atomic E-state index is 4.94. The summed E-state index contributed by atoms with van der Waals surface area (Å²) in [6.45, 7) is 13.8. The maximum Gasteiger partial charge on any atom is 0.191 e. The largest absolute Gasteiger partial charge is 0.357 e. The lowest BCUT2D eigenvalue weighted by Gasteiger charge is -2.39. The fraction of sp³-hybridized carbons (Fsp3) is 0.583. The van der Waals surface area contributed by atoms with Crippen molar-refractivity contribution in [3.05, 3.63) is 48.3 Å². The van der Waals surface area contributed by atoms with Crippen LogP contribution in [0.5, 0.6) is 0 Å². The Bertz CT molecular complexity index is 781. The van der Waals surface area contributed by atoms with Gasteiger partial charge in [0.1, 0.15) is 0 Å². The van der Waals surface area contributed by atoms with Crippen LogP contribution in [0.2, 0.25) is 0 Å². The van der Waals surface area contributed by atoms with E-state index < -0.39 is 0 Å². The lowest BCUT2D eigenvalue weighted by Crippen LogP contribution is -2.52. The molecular formula is C24H40IN7. The van der Waals surface area contributed by atoms with Gasteiger partial charge in [0.15, 0.2) is 5.96 Å². The van der Waals surface area contributed by atoms with E-state index in [2.05, 4.69) is 77.6 Å². The molecule has 3 rings (SSSR count). The van der Waals surface area contributed by atoms with E-state index in [-0.39, 0.29) is 24.0 Å². The van der Waals surface area contributed by atoms with Crippen LogP contribution in [0.15, 0.2) is 47.7 Å². The molecule has 0 saturated carbocycles. The van der Waals surface area contributed by atoms with Gasteiger partial charge >= 0.3 is 0 Å². The first-order valence-corrected chi connectivity index (χ1v) is 11.6. The number of aliphatic imine (C=N–C) groups is 1. The summed E-state index contributed by atoms with van der Waals surface area (Å²) in [6, 6.07) is 11.0. The Kier molecular flexibility index (Phi) is 11.5. The lowest BCUT2D eigenvalue weighted by atomic mass is 10.0. The van der Waals surface area contributed by atoms with Gasteiger partial charge in [-0.3, -0.25) is 9.89 Å². The van der Waals surface area contributed by atoms with E-state index in [1.54, 1.807) is 6.20 Å². The topological polar surface area (TPSA) is 60.7 Å². The SMILES string of the molecule is CCNC(=NCC(C(C)C)N1CCN(C)CC1)NCCc1ccc(-n2cccn2)cc1.I. The third-order valence-corrected chi connectivity index (χ3v) is 5.97. The first kappa shape index (κ1) is 26.6. The van der Waals surface area contributed by atoms with Crippen LogP contribution in [0, 0.1) is 5.92 Å². The molecule has 1 aromatic heterocycles. The van der Waals surface area contributed by atoms with Crippen molar-refractivity contribution in [3.63, 3.8) is 0 Å². The molecule has 0 radical (unpaired) electrons. The summed E-state index contributed by atoms with van der Waals surface area (Å²) < 4.78 is 1.88. The minimum atomic E-state index is 0. The summed E-state index contributed by atoms with van der Waals surface area (Å²) in [5, 5.41) is 11.2. The number of benzene rings is 1. The molecular weight excluding hydrogens is 513 g/mol. The van der Waals surface area contributed by atoms with Gasteiger partial charge in [0, 0.05) is 57.7 Å². The van der Waals surface area contributed by atoms with Crippen LogP contribution in [0.25, 0.3) is 5.69 Å². The first-order chi connectivity index (χ1) is 15.1. The van der Waals surface area contributed by atoms with Gasteiger partial charge in [0.25, 0.3) is 0 Å². The average Bonchev–Trinajstić information content (AvgIpc) is 3.30. The average molecular weight is 554 g/mol. The molecule has 178 valence electrons. The highest BCUT2D eigenvalue weighted by Gasteiger charge is 2.24. The summed E-state index contributed by atoms with van der Waals surface area (Å²) in [5.74, 6) is 1.50. The van der Waals surface area contributed by atoms with Gasteiger partial charge in [-0.15, -0.1) is 24.0 Å². The second-order valence-electron chi connectivity index (χ2n) is 8.66. The molecule has 2 N–H and O–H groups in total. The quantitative estimate of drug-likeness (QED) is 0.284. The number of guanidine groups is 1. The van der Waals surface area contributed by atoms with E-state index >= 15 is 0 Å². The van der Waals surface area contributed by atoms with Crippen LogP contribution < -0.4 is 10.6 Å². The van der Waals surface area contributed by atoms with Crippen LogP contribution in [0.3, 0.4) is 0 Å². The fourth-order valence-corrected chi connectivity index (χ4v) is 3.99. The van der Waals surface area contributed by atoms with Gasteiger partial charge in [-0.1, -0.05) is 26.0 Å². The molecule has 1 aliphatic rings. The van der Waals surface area contributed by atoms with Crippen molar-refractivity contribution in [2.75, 3.05) is 52.9 Å². The second-order valence-corrected chi connectivity index (χ2v) is 8.66. The van der Waals surface area contributed by atoms with Crippen molar-refractivity contribution in [1.29, 1.82) is 0 Å². The number of aromatic nitrogens is 2. The maximum absolute atomic E-state index is 4.94. The predicted molar refractivity (Wildman–Crippen MR) is 144 cm³/mol. The Morgan fingerprint density at radius 1 is 1.09 bits per heavy atom. The number of halogens is 1. The molecule has 1 fully saturated rings. The number of hydrogen-bond donors (Lipinski definition) is 2. The lowest BCUT2D eigenvalue weighted by molar-refractivity contribution is 0.0925. The Hall–Kier alpha value is -1.65. The first-order valence-electron chi connectivity index (χ1n) is 11.6. The fourth-order valence-electron chi connectivity index (χ4n) is 3.99. The normalized spacial score (nSPS) is 16.6. The zero-order valence-electron chi connectivity index (χ0n) is 20.0.